The molecule has 0 heterocycles. The van der Waals surface area contributed by atoms with E-state index >= 15 is 0 Å². The average Bonchev–Trinajstić information content (AvgIpc) is 2.75. The fourth-order valence-electron chi connectivity index (χ4n) is 2.50. The van der Waals surface area contributed by atoms with Gasteiger partial charge in [-0.15, -0.1) is 0 Å². The predicted octanol–water partition coefficient (Wildman–Crippen LogP) is 4.32. The molecule has 0 radical (unpaired) electrons. The zero-order chi connectivity index (χ0) is 23.7. The summed E-state index contributed by atoms with van der Waals surface area (Å²) in [6.07, 6.45) is 0. The SMILES string of the molecule is CC(C)COc1cccc(C(=O)NC(=S)NNC(=O)COc2ccc(C(C)C)cc2Br)c1. The minimum Gasteiger partial charge on any atom is -0.493 e. The van der Waals surface area contributed by atoms with Crippen molar-refractivity contribution in [3.05, 3.63) is 58.1 Å². The third kappa shape index (κ3) is 8.47. The molecule has 0 aromatic heterocycles. The molecule has 0 aliphatic carbocycles. The topological polar surface area (TPSA) is 88.7 Å². The molecule has 0 fully saturated rings. The fraction of sp³-hybridized carbons (Fsp3) is 0.348. The van der Waals surface area contributed by atoms with E-state index in [1.165, 1.54) is 0 Å². The highest BCUT2D eigenvalue weighted by atomic mass is 79.9. The van der Waals surface area contributed by atoms with Crippen molar-refractivity contribution in [3.63, 3.8) is 0 Å². The summed E-state index contributed by atoms with van der Waals surface area (Å²) in [6.45, 7) is 8.61. The van der Waals surface area contributed by atoms with Gasteiger partial charge in [-0.2, -0.15) is 0 Å². The summed E-state index contributed by atoms with van der Waals surface area (Å²) >= 11 is 8.52. The van der Waals surface area contributed by atoms with E-state index < -0.39 is 11.8 Å². The molecule has 3 N–H and O–H groups in total. The van der Waals surface area contributed by atoms with E-state index in [1.807, 2.05) is 32.0 Å². The molecule has 0 spiro atoms. The van der Waals surface area contributed by atoms with E-state index in [4.69, 9.17) is 21.7 Å². The van der Waals surface area contributed by atoms with Crippen molar-refractivity contribution in [3.8, 4) is 11.5 Å². The van der Waals surface area contributed by atoms with Crippen LogP contribution in [0.5, 0.6) is 11.5 Å². The number of hydrazine groups is 1. The molecule has 0 saturated heterocycles. The number of nitrogens with one attached hydrogen (secondary N) is 3. The normalized spacial score (nSPS) is 10.6. The van der Waals surface area contributed by atoms with Gasteiger partial charge in [0.05, 0.1) is 11.1 Å². The summed E-state index contributed by atoms with van der Waals surface area (Å²) in [5.41, 5.74) is 6.43. The quantitative estimate of drug-likeness (QED) is 0.354. The van der Waals surface area contributed by atoms with Crippen LogP contribution in [0.3, 0.4) is 0 Å². The maximum atomic E-state index is 12.4. The van der Waals surface area contributed by atoms with Gasteiger partial charge in [0, 0.05) is 5.56 Å². The van der Waals surface area contributed by atoms with Gasteiger partial charge in [0.15, 0.2) is 11.7 Å². The van der Waals surface area contributed by atoms with Crippen LogP contribution >= 0.6 is 28.1 Å². The molecule has 2 aromatic rings. The number of amides is 2. The first kappa shape index (κ1) is 25.6. The highest BCUT2D eigenvalue weighted by Crippen LogP contribution is 2.28. The number of rotatable bonds is 8. The maximum absolute atomic E-state index is 12.4. The van der Waals surface area contributed by atoms with E-state index in [1.54, 1.807) is 24.3 Å². The van der Waals surface area contributed by atoms with Crippen molar-refractivity contribution in [1.29, 1.82) is 0 Å². The molecule has 0 aliphatic rings. The van der Waals surface area contributed by atoms with Crippen LogP contribution in [0.1, 0.15) is 49.5 Å². The van der Waals surface area contributed by atoms with Crippen LogP contribution in [0, 0.1) is 5.92 Å². The Morgan fingerprint density at radius 2 is 1.78 bits per heavy atom. The number of thiocarbonyl (C=S) groups is 1. The Morgan fingerprint density at radius 1 is 1.03 bits per heavy atom. The largest absolute Gasteiger partial charge is 0.493 e. The zero-order valence-corrected chi connectivity index (χ0v) is 20.9. The van der Waals surface area contributed by atoms with Crippen LogP contribution in [-0.4, -0.2) is 30.1 Å². The number of hydrogen-bond donors (Lipinski definition) is 3. The van der Waals surface area contributed by atoms with Crippen molar-refractivity contribution in [2.45, 2.75) is 33.6 Å². The minimum absolute atomic E-state index is 0.0423. The summed E-state index contributed by atoms with van der Waals surface area (Å²) in [6, 6.07) is 12.5. The lowest BCUT2D eigenvalue weighted by Crippen LogP contribution is -2.49. The van der Waals surface area contributed by atoms with Gasteiger partial charge >= 0.3 is 0 Å². The molecule has 0 saturated carbocycles. The molecule has 0 bridgehead atoms. The van der Waals surface area contributed by atoms with Gasteiger partial charge < -0.3 is 9.47 Å². The Morgan fingerprint density at radius 3 is 2.44 bits per heavy atom. The lowest BCUT2D eigenvalue weighted by atomic mass is 10.0. The third-order valence-electron chi connectivity index (χ3n) is 4.20. The molecule has 2 rings (SSSR count). The number of benzene rings is 2. The van der Waals surface area contributed by atoms with Gasteiger partial charge in [0.25, 0.3) is 11.8 Å². The second kappa shape index (κ2) is 12.4. The van der Waals surface area contributed by atoms with Gasteiger partial charge in [-0.3, -0.25) is 25.8 Å². The van der Waals surface area contributed by atoms with E-state index in [2.05, 4.69) is 45.9 Å². The van der Waals surface area contributed by atoms with Crippen LogP contribution < -0.4 is 25.6 Å². The lowest BCUT2D eigenvalue weighted by Gasteiger charge is -2.13. The number of carbonyl (C=O) groups excluding carboxylic acids is 2. The van der Waals surface area contributed by atoms with Gasteiger partial charge in [-0.05, 0) is 75.9 Å². The number of hydrogen-bond acceptors (Lipinski definition) is 5. The Hall–Kier alpha value is -2.65. The Bertz CT molecular complexity index is 966. The van der Waals surface area contributed by atoms with Crippen LogP contribution in [-0.2, 0) is 4.79 Å². The average molecular weight is 522 g/mol. The summed E-state index contributed by atoms with van der Waals surface area (Å²) in [5, 5.41) is 2.46. The molecule has 0 atom stereocenters. The molecule has 32 heavy (non-hydrogen) atoms. The first-order valence-corrected chi connectivity index (χ1v) is 11.4. The molecular formula is C23H28BrN3O4S. The van der Waals surface area contributed by atoms with Crippen LogP contribution in [0.25, 0.3) is 0 Å². The van der Waals surface area contributed by atoms with Crippen molar-refractivity contribution in [2.24, 2.45) is 5.92 Å². The van der Waals surface area contributed by atoms with E-state index in [-0.39, 0.29) is 11.7 Å². The second-order valence-electron chi connectivity index (χ2n) is 7.82. The van der Waals surface area contributed by atoms with Crippen molar-refractivity contribution in [2.75, 3.05) is 13.2 Å². The smallest absolute Gasteiger partial charge is 0.276 e. The molecular weight excluding hydrogens is 494 g/mol. The van der Waals surface area contributed by atoms with Crippen molar-refractivity contribution >= 4 is 45.1 Å². The van der Waals surface area contributed by atoms with E-state index in [9.17, 15) is 9.59 Å². The van der Waals surface area contributed by atoms with E-state index in [0.717, 1.165) is 10.0 Å². The van der Waals surface area contributed by atoms with Crippen LogP contribution in [0.4, 0.5) is 0 Å². The maximum Gasteiger partial charge on any atom is 0.276 e. The van der Waals surface area contributed by atoms with Gasteiger partial charge in [0.1, 0.15) is 11.5 Å². The van der Waals surface area contributed by atoms with Gasteiger partial charge in [-0.25, -0.2) is 0 Å². The van der Waals surface area contributed by atoms with Crippen LogP contribution in [0.2, 0.25) is 0 Å². The predicted molar refractivity (Wildman–Crippen MR) is 132 cm³/mol. The summed E-state index contributed by atoms with van der Waals surface area (Å²) < 4.78 is 11.9. The Labute approximate surface area is 202 Å². The summed E-state index contributed by atoms with van der Waals surface area (Å²) in [5.74, 6) is 1.04. The van der Waals surface area contributed by atoms with Crippen molar-refractivity contribution in [1.82, 2.24) is 16.2 Å². The number of halogens is 1. The molecule has 9 heteroatoms. The highest BCUT2D eigenvalue weighted by Gasteiger charge is 2.11. The third-order valence-corrected chi connectivity index (χ3v) is 5.03. The van der Waals surface area contributed by atoms with Crippen LogP contribution in [0.15, 0.2) is 46.9 Å². The van der Waals surface area contributed by atoms with Crippen molar-refractivity contribution < 1.29 is 19.1 Å². The minimum atomic E-state index is -0.453. The first-order valence-electron chi connectivity index (χ1n) is 10.2. The number of ether oxygens (including phenoxy) is 2. The highest BCUT2D eigenvalue weighted by molar-refractivity contribution is 9.10. The molecule has 2 aromatic carbocycles. The Balaban J connectivity index is 1.78. The lowest BCUT2D eigenvalue weighted by molar-refractivity contribution is -0.123. The summed E-state index contributed by atoms with van der Waals surface area (Å²) in [7, 11) is 0. The standard InChI is InChI=1S/C23H28BrN3O4S/c1-14(2)12-30-18-7-5-6-17(10-18)22(29)25-23(32)27-26-21(28)13-31-20-9-8-16(15(3)4)11-19(20)24/h5-11,14-15H,12-13H2,1-4H3,(H,26,28)(H2,25,27,29,32). The summed E-state index contributed by atoms with van der Waals surface area (Å²) in [4.78, 5) is 24.4. The monoisotopic (exact) mass is 521 g/mol. The molecule has 0 aliphatic heterocycles. The molecule has 172 valence electrons. The fourth-order valence-corrected chi connectivity index (χ4v) is 3.15. The zero-order valence-electron chi connectivity index (χ0n) is 18.5. The molecule has 2 amide bonds. The van der Waals surface area contributed by atoms with Gasteiger partial charge in [0.2, 0.25) is 0 Å². The Kier molecular flexibility index (Phi) is 9.93. The molecule has 7 nitrogen and oxygen atoms in total. The number of carbonyl (C=O) groups is 2. The first-order chi connectivity index (χ1) is 15.2. The van der Waals surface area contributed by atoms with E-state index in [0.29, 0.717) is 35.5 Å². The van der Waals surface area contributed by atoms with Gasteiger partial charge in [-0.1, -0.05) is 39.8 Å². The molecule has 0 unspecified atom stereocenters. The second-order valence-corrected chi connectivity index (χ2v) is 9.08.